The number of pyridine rings is 1. The standard InChI is InChI=1S/C22H28ClN7O/c1-13-10-25-19-18(13)20(27-12-26-19)30-7-5-14(6-8-30)28-21(31)15-9-17(24-11-16(15)23)29-22(2,3)4/h9-12,14H,5-8H2,1-4H3,(H,24,29)(H,28,31)(H,25,26,27). The first-order chi connectivity index (χ1) is 14.7. The van der Waals surface area contributed by atoms with Gasteiger partial charge < -0.3 is 20.5 Å². The van der Waals surface area contributed by atoms with Gasteiger partial charge in [0.1, 0.15) is 23.6 Å². The third-order valence-corrected chi connectivity index (χ3v) is 5.68. The molecule has 3 aromatic rings. The molecular formula is C22H28ClN7O. The summed E-state index contributed by atoms with van der Waals surface area (Å²) < 4.78 is 0. The molecule has 0 aliphatic carbocycles. The zero-order valence-electron chi connectivity index (χ0n) is 18.3. The van der Waals surface area contributed by atoms with Crippen molar-refractivity contribution < 1.29 is 4.79 Å². The Kier molecular flexibility index (Phi) is 5.75. The molecule has 0 aromatic carbocycles. The number of hydrogen-bond donors (Lipinski definition) is 3. The molecule has 1 amide bonds. The first-order valence-corrected chi connectivity index (χ1v) is 10.9. The third-order valence-electron chi connectivity index (χ3n) is 5.38. The molecule has 0 bridgehead atoms. The number of fused-ring (bicyclic) bond motifs is 1. The Morgan fingerprint density at radius 3 is 2.68 bits per heavy atom. The number of carbonyl (C=O) groups excluding carboxylic acids is 1. The number of rotatable bonds is 4. The van der Waals surface area contributed by atoms with E-state index in [1.54, 1.807) is 12.4 Å². The number of H-pyrrole nitrogens is 1. The van der Waals surface area contributed by atoms with Crippen LogP contribution >= 0.6 is 11.6 Å². The predicted molar refractivity (Wildman–Crippen MR) is 124 cm³/mol. The van der Waals surface area contributed by atoms with Crippen LogP contribution in [0.3, 0.4) is 0 Å². The molecule has 4 rings (SSSR count). The van der Waals surface area contributed by atoms with Crippen LogP contribution in [-0.4, -0.2) is 50.5 Å². The van der Waals surface area contributed by atoms with E-state index in [0.717, 1.165) is 48.3 Å². The fraction of sp³-hybridized carbons (Fsp3) is 0.455. The smallest absolute Gasteiger partial charge is 0.253 e. The summed E-state index contributed by atoms with van der Waals surface area (Å²) in [7, 11) is 0. The maximum absolute atomic E-state index is 12.9. The molecule has 4 heterocycles. The van der Waals surface area contributed by atoms with Gasteiger partial charge in [-0.05, 0) is 52.2 Å². The summed E-state index contributed by atoms with van der Waals surface area (Å²) in [5.74, 6) is 1.41. The molecule has 3 N–H and O–H groups in total. The van der Waals surface area contributed by atoms with Crippen LogP contribution in [0.4, 0.5) is 11.6 Å². The molecular weight excluding hydrogens is 414 g/mol. The summed E-state index contributed by atoms with van der Waals surface area (Å²) >= 11 is 6.27. The summed E-state index contributed by atoms with van der Waals surface area (Å²) in [5.41, 5.74) is 2.26. The molecule has 0 atom stereocenters. The topological polar surface area (TPSA) is 98.8 Å². The zero-order valence-corrected chi connectivity index (χ0v) is 19.0. The summed E-state index contributed by atoms with van der Waals surface area (Å²) in [6.45, 7) is 9.79. The predicted octanol–water partition coefficient (Wildman–Crippen LogP) is 3.92. The third kappa shape index (κ3) is 4.74. The van der Waals surface area contributed by atoms with Gasteiger partial charge in [-0.2, -0.15) is 0 Å². The van der Waals surface area contributed by atoms with Gasteiger partial charge in [0.2, 0.25) is 0 Å². The minimum absolute atomic E-state index is 0.0802. The summed E-state index contributed by atoms with van der Waals surface area (Å²) in [4.78, 5) is 31.5. The second-order valence-corrected chi connectivity index (χ2v) is 9.46. The fourth-order valence-electron chi connectivity index (χ4n) is 3.90. The molecule has 1 saturated heterocycles. The van der Waals surface area contributed by atoms with Gasteiger partial charge in [-0.15, -0.1) is 0 Å². The van der Waals surface area contributed by atoms with Crippen molar-refractivity contribution in [1.29, 1.82) is 0 Å². The monoisotopic (exact) mass is 441 g/mol. The number of aromatic amines is 1. The lowest BCUT2D eigenvalue weighted by Gasteiger charge is -2.33. The van der Waals surface area contributed by atoms with E-state index >= 15 is 0 Å². The van der Waals surface area contributed by atoms with Gasteiger partial charge in [-0.1, -0.05) is 11.6 Å². The summed E-state index contributed by atoms with van der Waals surface area (Å²) in [6.07, 6.45) is 6.73. The van der Waals surface area contributed by atoms with Gasteiger partial charge in [0.05, 0.1) is 16.0 Å². The highest BCUT2D eigenvalue weighted by atomic mass is 35.5. The van der Waals surface area contributed by atoms with Crippen molar-refractivity contribution in [1.82, 2.24) is 25.3 Å². The maximum Gasteiger partial charge on any atom is 0.253 e. The van der Waals surface area contributed by atoms with Crippen LogP contribution in [0, 0.1) is 6.92 Å². The molecule has 0 saturated carbocycles. The molecule has 0 spiro atoms. The van der Waals surface area contributed by atoms with E-state index in [2.05, 4.69) is 42.4 Å². The molecule has 1 fully saturated rings. The largest absolute Gasteiger partial charge is 0.365 e. The van der Waals surface area contributed by atoms with Crippen LogP contribution in [-0.2, 0) is 0 Å². The first-order valence-electron chi connectivity index (χ1n) is 10.5. The second-order valence-electron chi connectivity index (χ2n) is 9.05. The van der Waals surface area contributed by atoms with Crippen molar-refractivity contribution in [3.63, 3.8) is 0 Å². The number of piperidine rings is 1. The molecule has 31 heavy (non-hydrogen) atoms. The molecule has 1 aliphatic heterocycles. The van der Waals surface area contributed by atoms with Crippen LogP contribution in [0.2, 0.25) is 5.02 Å². The van der Waals surface area contributed by atoms with E-state index in [-0.39, 0.29) is 17.5 Å². The lowest BCUT2D eigenvalue weighted by Crippen LogP contribution is -2.45. The Hall–Kier alpha value is -2.87. The van der Waals surface area contributed by atoms with Crippen LogP contribution in [0.25, 0.3) is 11.0 Å². The fourth-order valence-corrected chi connectivity index (χ4v) is 4.09. The molecule has 3 aromatic heterocycles. The van der Waals surface area contributed by atoms with Crippen molar-refractivity contribution in [3.8, 4) is 0 Å². The minimum Gasteiger partial charge on any atom is -0.365 e. The molecule has 1 aliphatic rings. The number of amides is 1. The Balaban J connectivity index is 1.42. The molecule has 0 unspecified atom stereocenters. The number of carbonyl (C=O) groups is 1. The van der Waals surface area contributed by atoms with Crippen LogP contribution in [0.15, 0.2) is 24.8 Å². The maximum atomic E-state index is 12.9. The Bertz CT molecular complexity index is 1100. The van der Waals surface area contributed by atoms with E-state index in [4.69, 9.17) is 11.6 Å². The number of aryl methyl sites for hydroxylation is 1. The van der Waals surface area contributed by atoms with Crippen LogP contribution in [0.1, 0.15) is 49.5 Å². The number of aromatic nitrogens is 4. The average Bonchev–Trinajstić information content (AvgIpc) is 3.10. The number of nitrogens with zero attached hydrogens (tertiary/aromatic N) is 4. The summed E-state index contributed by atoms with van der Waals surface area (Å²) in [6, 6.07) is 1.79. The average molecular weight is 442 g/mol. The molecule has 9 heteroatoms. The molecule has 0 radical (unpaired) electrons. The normalized spacial score (nSPS) is 15.3. The Morgan fingerprint density at radius 1 is 1.23 bits per heavy atom. The number of nitrogens with one attached hydrogen (secondary N) is 3. The van der Waals surface area contributed by atoms with E-state index < -0.39 is 0 Å². The minimum atomic E-state index is -0.172. The van der Waals surface area contributed by atoms with Gasteiger partial charge in [0, 0.05) is 37.1 Å². The molecule has 8 nitrogen and oxygen atoms in total. The lowest BCUT2D eigenvalue weighted by atomic mass is 10.0. The van der Waals surface area contributed by atoms with Crippen molar-refractivity contribution in [3.05, 3.63) is 40.9 Å². The van der Waals surface area contributed by atoms with Gasteiger partial charge in [-0.3, -0.25) is 4.79 Å². The number of anilines is 2. The van der Waals surface area contributed by atoms with Crippen LogP contribution < -0.4 is 15.5 Å². The summed E-state index contributed by atoms with van der Waals surface area (Å²) in [5, 5.41) is 7.82. The number of hydrogen-bond acceptors (Lipinski definition) is 6. The number of halogens is 1. The van der Waals surface area contributed by atoms with Crippen molar-refractivity contribution >= 4 is 40.2 Å². The van der Waals surface area contributed by atoms with Crippen LogP contribution in [0.5, 0.6) is 0 Å². The van der Waals surface area contributed by atoms with Gasteiger partial charge in [0.15, 0.2) is 0 Å². The Labute approximate surface area is 186 Å². The van der Waals surface area contributed by atoms with Gasteiger partial charge in [-0.25, -0.2) is 15.0 Å². The Morgan fingerprint density at radius 2 is 1.97 bits per heavy atom. The van der Waals surface area contributed by atoms with Gasteiger partial charge in [0.25, 0.3) is 5.91 Å². The highest BCUT2D eigenvalue weighted by Gasteiger charge is 2.25. The van der Waals surface area contributed by atoms with Gasteiger partial charge >= 0.3 is 0 Å². The van der Waals surface area contributed by atoms with Crippen molar-refractivity contribution in [2.45, 2.75) is 52.1 Å². The van der Waals surface area contributed by atoms with E-state index in [1.807, 2.05) is 27.0 Å². The quantitative estimate of drug-likeness (QED) is 0.567. The van der Waals surface area contributed by atoms with Crippen molar-refractivity contribution in [2.75, 3.05) is 23.3 Å². The van der Waals surface area contributed by atoms with E-state index in [9.17, 15) is 4.79 Å². The zero-order chi connectivity index (χ0) is 22.2. The lowest BCUT2D eigenvalue weighted by molar-refractivity contribution is 0.0931. The highest BCUT2D eigenvalue weighted by Crippen LogP contribution is 2.28. The van der Waals surface area contributed by atoms with E-state index in [1.165, 1.54) is 6.20 Å². The van der Waals surface area contributed by atoms with E-state index in [0.29, 0.717) is 16.4 Å². The second kappa shape index (κ2) is 8.34. The molecule has 164 valence electrons. The SMILES string of the molecule is Cc1c[nH]c2ncnc(N3CCC(NC(=O)c4cc(NC(C)(C)C)ncc4Cl)CC3)c12. The van der Waals surface area contributed by atoms with Crippen molar-refractivity contribution in [2.24, 2.45) is 0 Å². The first kappa shape index (κ1) is 21.4. The highest BCUT2D eigenvalue weighted by molar-refractivity contribution is 6.33.